The van der Waals surface area contributed by atoms with Crippen molar-refractivity contribution in [3.8, 4) is 0 Å². The summed E-state index contributed by atoms with van der Waals surface area (Å²) >= 11 is 6.04. The molecular weight excluding hydrogens is 319 g/mol. The summed E-state index contributed by atoms with van der Waals surface area (Å²) in [4.78, 5) is 11.7. The number of carbonyl (C=O) groups excluding carboxylic acids is 1. The van der Waals surface area contributed by atoms with E-state index in [1.807, 2.05) is 20.8 Å². The molecule has 4 nitrogen and oxygen atoms in total. The molecule has 1 aromatic carbocycles. The van der Waals surface area contributed by atoms with Gasteiger partial charge in [-0.1, -0.05) is 17.7 Å². The lowest BCUT2D eigenvalue weighted by atomic mass is 10.1. The number of rotatable bonds is 6. The summed E-state index contributed by atoms with van der Waals surface area (Å²) < 4.78 is 18.3. The van der Waals surface area contributed by atoms with Crippen LogP contribution in [0.2, 0.25) is 5.02 Å². The number of alkyl carbamates (subject to hydrolysis) is 1. The first-order valence-electron chi connectivity index (χ1n) is 7.89. The maximum Gasteiger partial charge on any atom is 0.407 e. The van der Waals surface area contributed by atoms with Crippen LogP contribution in [0.15, 0.2) is 18.2 Å². The van der Waals surface area contributed by atoms with E-state index < -0.39 is 11.7 Å². The van der Waals surface area contributed by atoms with Gasteiger partial charge in [0.05, 0.1) is 0 Å². The molecular formula is C17H24ClFN2O2. The van der Waals surface area contributed by atoms with E-state index in [1.54, 1.807) is 6.07 Å². The quantitative estimate of drug-likeness (QED) is 0.825. The normalized spacial score (nSPS) is 16.0. The van der Waals surface area contributed by atoms with Gasteiger partial charge < -0.3 is 15.4 Å². The molecule has 0 spiro atoms. The largest absolute Gasteiger partial charge is 0.444 e. The summed E-state index contributed by atoms with van der Waals surface area (Å²) in [6.07, 6.45) is 1.88. The van der Waals surface area contributed by atoms with Gasteiger partial charge in [0.15, 0.2) is 0 Å². The zero-order valence-corrected chi connectivity index (χ0v) is 14.5. The highest BCUT2D eigenvalue weighted by Crippen LogP contribution is 2.32. The van der Waals surface area contributed by atoms with Gasteiger partial charge in [-0.3, -0.25) is 0 Å². The summed E-state index contributed by atoms with van der Waals surface area (Å²) in [6, 6.07) is 4.54. The van der Waals surface area contributed by atoms with Crippen molar-refractivity contribution in [2.45, 2.75) is 51.8 Å². The number of hydrogen-bond donors (Lipinski definition) is 2. The molecule has 2 N–H and O–H groups in total. The molecule has 1 aliphatic rings. The standard InChI is InChI=1S/C17H24ClFN2O2/c1-17(2,3)23-16(22)21-10-15(11-4-5-11)20-9-12-6-7-13(19)8-14(12)18/h6-8,11,15,20H,4-5,9-10H2,1-3H3,(H,21,22). The average Bonchev–Trinajstić information content (AvgIpc) is 3.23. The monoisotopic (exact) mass is 342 g/mol. The van der Waals surface area contributed by atoms with E-state index in [2.05, 4.69) is 10.6 Å². The minimum Gasteiger partial charge on any atom is -0.444 e. The Labute approximate surface area is 141 Å². The van der Waals surface area contributed by atoms with Crippen LogP contribution in [0.5, 0.6) is 0 Å². The molecule has 0 aromatic heterocycles. The van der Waals surface area contributed by atoms with Crippen molar-refractivity contribution in [3.05, 3.63) is 34.6 Å². The summed E-state index contributed by atoms with van der Waals surface area (Å²) in [6.45, 7) is 6.54. The molecule has 23 heavy (non-hydrogen) atoms. The van der Waals surface area contributed by atoms with Gasteiger partial charge in [0.1, 0.15) is 11.4 Å². The van der Waals surface area contributed by atoms with Gasteiger partial charge in [-0.15, -0.1) is 0 Å². The van der Waals surface area contributed by atoms with Crippen molar-refractivity contribution in [1.29, 1.82) is 0 Å². The van der Waals surface area contributed by atoms with Crippen molar-refractivity contribution in [2.75, 3.05) is 6.54 Å². The molecule has 128 valence electrons. The maximum absolute atomic E-state index is 13.1. The molecule has 1 unspecified atom stereocenters. The maximum atomic E-state index is 13.1. The Kier molecular flexibility index (Phi) is 5.87. The zero-order chi connectivity index (χ0) is 17.0. The van der Waals surface area contributed by atoms with Gasteiger partial charge in [0.2, 0.25) is 0 Å². The Morgan fingerprint density at radius 2 is 2.13 bits per heavy atom. The first-order valence-corrected chi connectivity index (χ1v) is 8.26. The first-order chi connectivity index (χ1) is 10.7. The van der Waals surface area contributed by atoms with Gasteiger partial charge in [-0.05, 0) is 57.2 Å². The van der Waals surface area contributed by atoms with E-state index in [9.17, 15) is 9.18 Å². The van der Waals surface area contributed by atoms with E-state index in [0.717, 1.165) is 18.4 Å². The third-order valence-electron chi connectivity index (χ3n) is 3.63. The summed E-state index contributed by atoms with van der Waals surface area (Å²) in [7, 11) is 0. The highest BCUT2D eigenvalue weighted by Gasteiger charge is 2.31. The van der Waals surface area contributed by atoms with E-state index in [-0.39, 0.29) is 11.9 Å². The second-order valence-corrected chi connectivity index (χ2v) is 7.35. The van der Waals surface area contributed by atoms with Crippen molar-refractivity contribution < 1.29 is 13.9 Å². The predicted molar refractivity (Wildman–Crippen MR) is 89.0 cm³/mol. The molecule has 1 aromatic rings. The third kappa shape index (κ3) is 6.36. The number of hydrogen-bond acceptors (Lipinski definition) is 3. The number of amides is 1. The van der Waals surface area contributed by atoms with Crippen LogP contribution in [0.1, 0.15) is 39.2 Å². The van der Waals surface area contributed by atoms with Gasteiger partial charge >= 0.3 is 6.09 Å². The van der Waals surface area contributed by atoms with Crippen LogP contribution in [0.4, 0.5) is 9.18 Å². The Bertz CT molecular complexity index is 556. The fraction of sp³-hybridized carbons (Fsp3) is 0.588. The second kappa shape index (κ2) is 7.49. The lowest BCUT2D eigenvalue weighted by molar-refractivity contribution is 0.0521. The Morgan fingerprint density at radius 1 is 1.43 bits per heavy atom. The molecule has 1 saturated carbocycles. The number of benzene rings is 1. The van der Waals surface area contributed by atoms with Crippen LogP contribution in [0.25, 0.3) is 0 Å². The zero-order valence-electron chi connectivity index (χ0n) is 13.8. The SMILES string of the molecule is CC(C)(C)OC(=O)NCC(NCc1ccc(F)cc1Cl)C1CC1. The van der Waals surface area contributed by atoms with Gasteiger partial charge in [-0.25, -0.2) is 9.18 Å². The van der Waals surface area contributed by atoms with Gasteiger partial charge in [0, 0.05) is 24.2 Å². The lowest BCUT2D eigenvalue weighted by Gasteiger charge is -2.23. The van der Waals surface area contributed by atoms with Gasteiger partial charge in [0.25, 0.3) is 0 Å². The number of halogens is 2. The molecule has 1 atom stereocenters. The lowest BCUT2D eigenvalue weighted by Crippen LogP contribution is -2.43. The van der Waals surface area contributed by atoms with Crippen LogP contribution < -0.4 is 10.6 Å². The van der Waals surface area contributed by atoms with Gasteiger partial charge in [-0.2, -0.15) is 0 Å². The molecule has 2 rings (SSSR count). The highest BCUT2D eigenvalue weighted by molar-refractivity contribution is 6.31. The number of nitrogens with one attached hydrogen (secondary N) is 2. The Balaban J connectivity index is 1.83. The Morgan fingerprint density at radius 3 is 2.70 bits per heavy atom. The Hall–Kier alpha value is -1.33. The molecule has 1 amide bonds. The van der Waals surface area contributed by atoms with Crippen LogP contribution in [0.3, 0.4) is 0 Å². The fourth-order valence-corrected chi connectivity index (χ4v) is 2.55. The number of ether oxygens (including phenoxy) is 1. The first kappa shape index (κ1) is 18.0. The van der Waals surface area contributed by atoms with E-state index in [4.69, 9.17) is 16.3 Å². The van der Waals surface area contributed by atoms with Crippen LogP contribution in [-0.2, 0) is 11.3 Å². The minimum absolute atomic E-state index is 0.156. The molecule has 0 radical (unpaired) electrons. The minimum atomic E-state index is -0.506. The van der Waals surface area contributed by atoms with Crippen LogP contribution >= 0.6 is 11.6 Å². The van der Waals surface area contributed by atoms with Crippen molar-refractivity contribution in [3.63, 3.8) is 0 Å². The second-order valence-electron chi connectivity index (χ2n) is 6.94. The summed E-state index contributed by atoms with van der Waals surface area (Å²) in [5.41, 5.74) is 0.338. The molecule has 0 bridgehead atoms. The third-order valence-corrected chi connectivity index (χ3v) is 3.98. The average molecular weight is 343 g/mol. The smallest absolute Gasteiger partial charge is 0.407 e. The van der Waals surface area contributed by atoms with Crippen LogP contribution in [0, 0.1) is 11.7 Å². The molecule has 1 fully saturated rings. The molecule has 6 heteroatoms. The number of carbonyl (C=O) groups is 1. The van der Waals surface area contributed by atoms with Crippen LogP contribution in [-0.4, -0.2) is 24.3 Å². The van der Waals surface area contributed by atoms with E-state index in [0.29, 0.717) is 24.0 Å². The topological polar surface area (TPSA) is 50.4 Å². The highest BCUT2D eigenvalue weighted by atomic mass is 35.5. The predicted octanol–water partition coefficient (Wildman–Crippen LogP) is 3.87. The van der Waals surface area contributed by atoms with E-state index in [1.165, 1.54) is 12.1 Å². The van der Waals surface area contributed by atoms with Crippen molar-refractivity contribution >= 4 is 17.7 Å². The fourth-order valence-electron chi connectivity index (χ4n) is 2.32. The van der Waals surface area contributed by atoms with Crippen molar-refractivity contribution in [1.82, 2.24) is 10.6 Å². The molecule has 1 aliphatic carbocycles. The van der Waals surface area contributed by atoms with Crippen molar-refractivity contribution in [2.24, 2.45) is 5.92 Å². The molecule has 0 aliphatic heterocycles. The molecule has 0 heterocycles. The van der Waals surface area contributed by atoms with E-state index >= 15 is 0 Å². The summed E-state index contributed by atoms with van der Waals surface area (Å²) in [5, 5.41) is 6.61. The molecule has 0 saturated heterocycles. The summed E-state index contributed by atoms with van der Waals surface area (Å²) in [5.74, 6) is 0.202.